The van der Waals surface area contributed by atoms with Gasteiger partial charge in [-0.15, -0.1) is 5.10 Å². The van der Waals surface area contributed by atoms with Gasteiger partial charge < -0.3 is 5.32 Å². The molecule has 0 saturated heterocycles. The molecule has 0 aliphatic carbocycles. The van der Waals surface area contributed by atoms with Gasteiger partial charge in [-0.1, -0.05) is 6.07 Å². The van der Waals surface area contributed by atoms with Crippen LogP contribution in [0.1, 0.15) is 11.1 Å². The average molecular weight is 228 g/mol. The summed E-state index contributed by atoms with van der Waals surface area (Å²) in [7, 11) is 0. The third kappa shape index (κ3) is 2.37. The number of nitrogens with one attached hydrogen (secondary N) is 1. The van der Waals surface area contributed by atoms with Crippen molar-refractivity contribution in [2.24, 2.45) is 0 Å². The first-order valence-electron chi connectivity index (χ1n) is 4.95. The second-order valence-corrected chi connectivity index (χ2v) is 3.49. The zero-order chi connectivity index (χ0) is 12.3. The molecular formula is C12H9FN4. The topological polar surface area (TPSA) is 61.6 Å². The Bertz CT molecular complexity index is 589. The molecule has 0 saturated carbocycles. The van der Waals surface area contributed by atoms with Crippen LogP contribution in [0.5, 0.6) is 0 Å². The van der Waals surface area contributed by atoms with Gasteiger partial charge in [0, 0.05) is 5.69 Å². The Hall–Kier alpha value is -2.48. The molecule has 1 aromatic carbocycles. The molecule has 0 amide bonds. The lowest BCUT2D eigenvalue weighted by atomic mass is 10.2. The summed E-state index contributed by atoms with van der Waals surface area (Å²) in [6.07, 6.45) is 1.43. The number of hydrogen-bond donors (Lipinski definition) is 1. The van der Waals surface area contributed by atoms with E-state index in [0.29, 0.717) is 17.1 Å². The van der Waals surface area contributed by atoms with E-state index >= 15 is 0 Å². The van der Waals surface area contributed by atoms with Crippen LogP contribution in [0.3, 0.4) is 0 Å². The van der Waals surface area contributed by atoms with Crippen LogP contribution in [0.15, 0.2) is 30.5 Å². The summed E-state index contributed by atoms with van der Waals surface area (Å²) in [4.78, 5) is 0. The molecule has 84 valence electrons. The smallest absolute Gasteiger partial charge is 0.171 e. The fraction of sp³-hybridized carbons (Fsp3) is 0.0833. The van der Waals surface area contributed by atoms with Gasteiger partial charge in [-0.2, -0.15) is 10.4 Å². The lowest BCUT2D eigenvalue weighted by molar-refractivity contribution is 0.628. The van der Waals surface area contributed by atoms with Crippen LogP contribution in [0.2, 0.25) is 0 Å². The van der Waals surface area contributed by atoms with Crippen molar-refractivity contribution in [3.05, 3.63) is 47.4 Å². The van der Waals surface area contributed by atoms with Gasteiger partial charge in [-0.05, 0) is 30.7 Å². The van der Waals surface area contributed by atoms with Crippen LogP contribution in [-0.4, -0.2) is 10.2 Å². The molecule has 0 unspecified atom stereocenters. The number of aryl methyl sites for hydroxylation is 1. The van der Waals surface area contributed by atoms with E-state index in [1.54, 1.807) is 12.1 Å². The van der Waals surface area contributed by atoms with E-state index < -0.39 is 0 Å². The van der Waals surface area contributed by atoms with Crippen LogP contribution in [0.25, 0.3) is 0 Å². The van der Waals surface area contributed by atoms with Gasteiger partial charge in [-0.25, -0.2) is 4.39 Å². The van der Waals surface area contributed by atoms with Gasteiger partial charge in [0.05, 0.1) is 11.8 Å². The van der Waals surface area contributed by atoms with Crippen LogP contribution < -0.4 is 5.32 Å². The van der Waals surface area contributed by atoms with Crippen LogP contribution in [0.4, 0.5) is 15.9 Å². The summed E-state index contributed by atoms with van der Waals surface area (Å²) >= 11 is 0. The molecule has 0 bridgehead atoms. The van der Waals surface area contributed by atoms with Gasteiger partial charge in [0.1, 0.15) is 11.9 Å². The number of anilines is 2. The molecule has 1 N–H and O–H groups in total. The summed E-state index contributed by atoms with van der Waals surface area (Å²) in [5, 5.41) is 19.3. The van der Waals surface area contributed by atoms with E-state index in [0.717, 1.165) is 5.56 Å². The molecule has 17 heavy (non-hydrogen) atoms. The minimum atomic E-state index is -0.347. The maximum absolute atomic E-state index is 13.1. The van der Waals surface area contributed by atoms with E-state index in [-0.39, 0.29) is 5.82 Å². The minimum Gasteiger partial charge on any atom is -0.337 e. The number of halogens is 1. The minimum absolute atomic E-state index is 0.323. The molecule has 0 atom stereocenters. The number of nitriles is 1. The van der Waals surface area contributed by atoms with E-state index in [1.807, 2.05) is 13.0 Å². The zero-order valence-electron chi connectivity index (χ0n) is 9.11. The van der Waals surface area contributed by atoms with E-state index in [1.165, 1.54) is 18.3 Å². The van der Waals surface area contributed by atoms with E-state index in [9.17, 15) is 4.39 Å². The predicted molar refractivity (Wildman–Crippen MR) is 61.2 cm³/mol. The Morgan fingerprint density at radius 3 is 2.94 bits per heavy atom. The van der Waals surface area contributed by atoms with Crippen molar-refractivity contribution in [2.45, 2.75) is 6.92 Å². The molecule has 2 aromatic rings. The lowest BCUT2D eigenvalue weighted by Crippen LogP contribution is -2.00. The van der Waals surface area contributed by atoms with Gasteiger partial charge in [0.25, 0.3) is 0 Å². The fourth-order valence-corrected chi connectivity index (χ4v) is 1.37. The monoisotopic (exact) mass is 228 g/mol. The number of nitrogens with zero attached hydrogens (tertiary/aromatic N) is 3. The summed E-state index contributed by atoms with van der Waals surface area (Å²) in [6.45, 7) is 1.84. The van der Waals surface area contributed by atoms with Crippen LogP contribution >= 0.6 is 0 Å². The maximum atomic E-state index is 13.1. The Morgan fingerprint density at radius 2 is 2.18 bits per heavy atom. The molecule has 0 radical (unpaired) electrons. The molecule has 0 aliphatic heterocycles. The largest absolute Gasteiger partial charge is 0.337 e. The normalized spacial score (nSPS) is 9.71. The number of hydrogen-bond acceptors (Lipinski definition) is 4. The van der Waals surface area contributed by atoms with Crippen LogP contribution in [0, 0.1) is 24.1 Å². The molecule has 2 rings (SSSR count). The van der Waals surface area contributed by atoms with E-state index in [2.05, 4.69) is 15.5 Å². The summed E-state index contributed by atoms with van der Waals surface area (Å²) in [6, 6.07) is 7.92. The van der Waals surface area contributed by atoms with E-state index in [4.69, 9.17) is 5.26 Å². The van der Waals surface area contributed by atoms with Gasteiger partial charge in [0.15, 0.2) is 5.82 Å². The molecule has 0 fully saturated rings. The van der Waals surface area contributed by atoms with Crippen molar-refractivity contribution in [1.29, 1.82) is 5.26 Å². The standard InChI is InChI=1S/C12H9FN4/c1-8-2-3-10(13)6-11(8)16-12-9(7-14)4-5-15-17-12/h2-6H,1H3,(H,16,17). The Labute approximate surface area is 97.7 Å². The third-order valence-corrected chi connectivity index (χ3v) is 2.29. The Balaban J connectivity index is 2.38. The fourth-order valence-electron chi connectivity index (χ4n) is 1.37. The van der Waals surface area contributed by atoms with Crippen molar-refractivity contribution in [3.8, 4) is 6.07 Å². The first-order valence-corrected chi connectivity index (χ1v) is 4.95. The van der Waals surface area contributed by atoms with Crippen LogP contribution in [-0.2, 0) is 0 Å². The predicted octanol–water partition coefficient (Wildman–Crippen LogP) is 2.54. The van der Waals surface area contributed by atoms with Crippen molar-refractivity contribution in [2.75, 3.05) is 5.32 Å². The molecule has 0 aliphatic rings. The molecule has 5 heteroatoms. The third-order valence-electron chi connectivity index (χ3n) is 2.29. The van der Waals surface area contributed by atoms with Crippen molar-refractivity contribution < 1.29 is 4.39 Å². The molecule has 1 aromatic heterocycles. The van der Waals surface area contributed by atoms with Gasteiger partial charge in [-0.3, -0.25) is 0 Å². The van der Waals surface area contributed by atoms with Gasteiger partial charge >= 0.3 is 0 Å². The zero-order valence-corrected chi connectivity index (χ0v) is 9.11. The average Bonchev–Trinajstić information content (AvgIpc) is 2.34. The molecule has 4 nitrogen and oxygen atoms in total. The number of benzene rings is 1. The number of aromatic nitrogens is 2. The highest BCUT2D eigenvalue weighted by atomic mass is 19.1. The quantitative estimate of drug-likeness (QED) is 0.857. The summed E-state index contributed by atoms with van der Waals surface area (Å²) < 4.78 is 13.1. The first-order chi connectivity index (χ1) is 8.20. The summed E-state index contributed by atoms with van der Waals surface area (Å²) in [5.74, 6) is -0.0239. The highest BCUT2D eigenvalue weighted by Crippen LogP contribution is 2.21. The van der Waals surface area contributed by atoms with Crippen molar-refractivity contribution in [3.63, 3.8) is 0 Å². The Morgan fingerprint density at radius 1 is 1.35 bits per heavy atom. The molecule has 1 heterocycles. The van der Waals surface area contributed by atoms with Crippen molar-refractivity contribution >= 4 is 11.5 Å². The number of rotatable bonds is 2. The lowest BCUT2D eigenvalue weighted by Gasteiger charge is -2.08. The molecular weight excluding hydrogens is 219 g/mol. The maximum Gasteiger partial charge on any atom is 0.171 e. The second kappa shape index (κ2) is 4.58. The summed E-state index contributed by atoms with van der Waals surface area (Å²) in [5.41, 5.74) is 1.80. The SMILES string of the molecule is Cc1ccc(F)cc1Nc1nnccc1C#N. The van der Waals surface area contributed by atoms with Gasteiger partial charge in [0.2, 0.25) is 0 Å². The van der Waals surface area contributed by atoms with Crippen molar-refractivity contribution in [1.82, 2.24) is 10.2 Å². The first kappa shape index (κ1) is 11.0. The highest BCUT2D eigenvalue weighted by Gasteiger charge is 2.06. The molecule has 0 spiro atoms. The second-order valence-electron chi connectivity index (χ2n) is 3.49. The highest BCUT2D eigenvalue weighted by molar-refractivity contribution is 5.64. The Kier molecular flexibility index (Phi) is 2.97.